The van der Waals surface area contributed by atoms with E-state index in [2.05, 4.69) is 21.7 Å². The molecule has 82 valence electrons. The Morgan fingerprint density at radius 3 is 2.82 bits per heavy atom. The second kappa shape index (κ2) is 3.52. The summed E-state index contributed by atoms with van der Waals surface area (Å²) < 4.78 is 0. The molecule has 0 aliphatic rings. The van der Waals surface area contributed by atoms with Crippen molar-refractivity contribution in [3.05, 3.63) is 35.6 Å². The summed E-state index contributed by atoms with van der Waals surface area (Å²) in [6, 6.07) is 9.56. The van der Waals surface area contributed by atoms with E-state index in [1.54, 1.807) is 0 Å². The van der Waals surface area contributed by atoms with E-state index in [9.17, 15) is 5.11 Å². The summed E-state index contributed by atoms with van der Waals surface area (Å²) in [5.41, 5.74) is 1.50. The molecule has 0 bridgehead atoms. The largest absolute Gasteiger partial charge is 0.515 e. The van der Waals surface area contributed by atoms with Crippen LogP contribution in [0.5, 0.6) is 0 Å². The van der Waals surface area contributed by atoms with Gasteiger partial charge in [0.05, 0.1) is 17.3 Å². The molecule has 0 saturated carbocycles. The minimum atomic E-state index is 0.319. The summed E-state index contributed by atoms with van der Waals surface area (Å²) in [7, 11) is 0. The lowest BCUT2D eigenvalue weighted by atomic mass is 10.1. The Morgan fingerprint density at radius 2 is 2.06 bits per heavy atom. The second-order valence-electron chi connectivity index (χ2n) is 3.69. The summed E-state index contributed by atoms with van der Waals surface area (Å²) in [5.74, 6) is 0.319. The highest BCUT2D eigenvalue weighted by Gasteiger charge is 2.07. The van der Waals surface area contributed by atoms with Crippen LogP contribution in [0.1, 0.15) is 0 Å². The Kier molecular flexibility index (Phi) is 2.01. The van der Waals surface area contributed by atoms with Gasteiger partial charge in [-0.25, -0.2) is 15.0 Å². The molecule has 3 rings (SSSR count). The molecule has 0 spiro atoms. The number of aliphatic imine (C=N–C) groups is 1. The van der Waals surface area contributed by atoms with Crippen LogP contribution >= 0.6 is 0 Å². The molecule has 0 aliphatic carbocycles. The van der Waals surface area contributed by atoms with Crippen LogP contribution in [0.15, 0.2) is 35.3 Å². The van der Waals surface area contributed by atoms with Gasteiger partial charge in [-0.1, -0.05) is 18.2 Å². The number of aromatic nitrogens is 2. The summed E-state index contributed by atoms with van der Waals surface area (Å²) in [5, 5.41) is 11.8. The monoisotopic (exact) mass is 223 g/mol. The first-order valence-corrected chi connectivity index (χ1v) is 5.14. The first-order chi connectivity index (χ1) is 8.33. The van der Waals surface area contributed by atoms with Gasteiger partial charge in [0.1, 0.15) is 0 Å². The fraction of sp³-hybridized carbons (Fsp3) is 0. The van der Waals surface area contributed by atoms with Gasteiger partial charge in [-0.3, -0.25) is 0 Å². The van der Waals surface area contributed by atoms with Crippen LogP contribution in [0, 0.1) is 0 Å². The third-order valence-corrected chi connectivity index (χ3v) is 2.74. The van der Waals surface area contributed by atoms with Gasteiger partial charge in [-0.05, 0) is 24.2 Å². The minimum Gasteiger partial charge on any atom is -0.515 e. The Morgan fingerprint density at radius 1 is 1.18 bits per heavy atom. The summed E-state index contributed by atoms with van der Waals surface area (Å²) in [6.07, 6.45) is 1.04. The molecule has 1 heterocycles. The topological polar surface area (TPSA) is 58.4 Å². The average molecular weight is 223 g/mol. The highest BCUT2D eigenvalue weighted by Crippen LogP contribution is 2.23. The average Bonchev–Trinajstić information content (AvgIpc) is 2.39. The van der Waals surface area contributed by atoms with Crippen molar-refractivity contribution in [3.8, 4) is 0 Å². The third-order valence-electron chi connectivity index (χ3n) is 2.74. The lowest BCUT2D eigenvalue weighted by molar-refractivity contribution is 0.541. The number of benzene rings is 2. The van der Waals surface area contributed by atoms with E-state index < -0.39 is 0 Å². The standard InChI is InChI=1S/C13H9N3O/c1-14-13-15-10-4-2-3-8-5-6-9(7-17)12(16-13)11(8)10/h2-7,17H,1H2/b9-7-. The van der Waals surface area contributed by atoms with E-state index in [1.165, 1.54) is 0 Å². The summed E-state index contributed by atoms with van der Waals surface area (Å²) in [4.78, 5) is 12.3. The van der Waals surface area contributed by atoms with Gasteiger partial charge < -0.3 is 5.11 Å². The third kappa shape index (κ3) is 1.34. The molecule has 0 fully saturated rings. The van der Waals surface area contributed by atoms with E-state index in [-0.39, 0.29) is 0 Å². The maximum Gasteiger partial charge on any atom is 0.249 e. The summed E-state index contributed by atoms with van der Waals surface area (Å²) in [6.45, 7) is 3.43. The highest BCUT2D eigenvalue weighted by atomic mass is 16.2. The van der Waals surface area contributed by atoms with Crippen LogP contribution in [-0.4, -0.2) is 21.8 Å². The van der Waals surface area contributed by atoms with Crippen LogP contribution in [0.2, 0.25) is 0 Å². The molecule has 0 saturated heterocycles. The zero-order valence-electron chi connectivity index (χ0n) is 8.96. The molecule has 3 aromatic rings. The van der Waals surface area contributed by atoms with Crippen molar-refractivity contribution in [2.75, 3.05) is 0 Å². The molecular formula is C13H9N3O. The van der Waals surface area contributed by atoms with Crippen molar-refractivity contribution in [2.24, 2.45) is 4.99 Å². The van der Waals surface area contributed by atoms with Gasteiger partial charge >= 0.3 is 0 Å². The Labute approximate surface area is 97.0 Å². The summed E-state index contributed by atoms with van der Waals surface area (Å²) >= 11 is 0. The normalized spacial score (nSPS) is 12.4. The number of hydrogen-bond donors (Lipinski definition) is 1. The maximum absolute atomic E-state index is 9.21. The Hall–Kier alpha value is -2.49. The maximum atomic E-state index is 9.21. The first-order valence-electron chi connectivity index (χ1n) is 5.14. The second-order valence-corrected chi connectivity index (χ2v) is 3.69. The van der Waals surface area contributed by atoms with E-state index >= 15 is 0 Å². The lowest BCUT2D eigenvalue weighted by Crippen LogP contribution is -2.04. The van der Waals surface area contributed by atoms with Gasteiger partial charge in [-0.2, -0.15) is 0 Å². The molecular weight excluding hydrogens is 214 g/mol. The number of hydrogen-bond acceptors (Lipinski definition) is 4. The van der Waals surface area contributed by atoms with Crippen LogP contribution in [0.4, 0.5) is 5.95 Å². The highest BCUT2D eigenvalue weighted by molar-refractivity contribution is 6.07. The van der Waals surface area contributed by atoms with Crippen LogP contribution in [0.3, 0.4) is 0 Å². The molecule has 0 unspecified atom stereocenters. The van der Waals surface area contributed by atoms with Crippen LogP contribution < -0.4 is 5.22 Å². The van der Waals surface area contributed by atoms with E-state index in [0.717, 1.165) is 22.6 Å². The molecule has 1 N–H and O–H groups in total. The van der Waals surface area contributed by atoms with Gasteiger partial charge in [-0.15, -0.1) is 0 Å². The predicted molar refractivity (Wildman–Crippen MR) is 68.6 cm³/mol. The van der Waals surface area contributed by atoms with Crippen molar-refractivity contribution in [3.63, 3.8) is 0 Å². The van der Waals surface area contributed by atoms with E-state index in [1.807, 2.05) is 30.3 Å². The fourth-order valence-corrected chi connectivity index (χ4v) is 1.98. The molecule has 4 nitrogen and oxygen atoms in total. The van der Waals surface area contributed by atoms with Gasteiger partial charge in [0.2, 0.25) is 5.95 Å². The molecule has 0 radical (unpaired) electrons. The molecule has 0 aliphatic heterocycles. The molecule has 4 heteroatoms. The van der Waals surface area contributed by atoms with Gasteiger partial charge in [0, 0.05) is 10.6 Å². The van der Waals surface area contributed by atoms with E-state index in [4.69, 9.17) is 0 Å². The van der Waals surface area contributed by atoms with Crippen LogP contribution in [0.25, 0.3) is 28.1 Å². The van der Waals surface area contributed by atoms with Gasteiger partial charge in [0.25, 0.3) is 0 Å². The molecule has 0 atom stereocenters. The SMILES string of the molecule is C=Nc1nc2cccc3cc/c(=C/O)c(n1)c32. The smallest absolute Gasteiger partial charge is 0.249 e. The number of aliphatic hydroxyl groups excluding tert-OH is 1. The minimum absolute atomic E-state index is 0.319. The lowest BCUT2D eigenvalue weighted by Gasteiger charge is -2.05. The van der Waals surface area contributed by atoms with Gasteiger partial charge in [0.15, 0.2) is 0 Å². The number of aliphatic hydroxyl groups is 1. The quantitative estimate of drug-likeness (QED) is 0.643. The van der Waals surface area contributed by atoms with Crippen LogP contribution in [-0.2, 0) is 0 Å². The zero-order chi connectivity index (χ0) is 11.8. The molecule has 1 aromatic heterocycles. The first kappa shape index (κ1) is 9.72. The number of nitrogens with zero attached hydrogens (tertiary/aromatic N) is 3. The predicted octanol–water partition coefficient (Wildman–Crippen LogP) is 2.13. The molecule has 17 heavy (non-hydrogen) atoms. The van der Waals surface area contributed by atoms with Crippen molar-refractivity contribution in [2.45, 2.75) is 0 Å². The fourth-order valence-electron chi connectivity index (χ4n) is 1.98. The molecule has 0 amide bonds. The number of rotatable bonds is 1. The van der Waals surface area contributed by atoms with Crippen molar-refractivity contribution < 1.29 is 5.11 Å². The van der Waals surface area contributed by atoms with Crippen molar-refractivity contribution in [1.29, 1.82) is 0 Å². The zero-order valence-corrected chi connectivity index (χ0v) is 8.96. The van der Waals surface area contributed by atoms with E-state index in [0.29, 0.717) is 16.7 Å². The molecule has 2 aromatic carbocycles. The Bertz CT molecular complexity index is 780. The van der Waals surface area contributed by atoms with Crippen molar-refractivity contribution in [1.82, 2.24) is 9.97 Å². The Balaban J connectivity index is 2.67. The van der Waals surface area contributed by atoms with Crippen molar-refractivity contribution >= 4 is 40.7 Å².